The van der Waals surface area contributed by atoms with E-state index in [0.717, 1.165) is 6.54 Å². The Labute approximate surface area is 137 Å². The normalized spacial score (nSPS) is 28.5. The van der Waals surface area contributed by atoms with Crippen molar-refractivity contribution in [2.75, 3.05) is 13.2 Å². The van der Waals surface area contributed by atoms with Crippen LogP contribution in [-0.2, 0) is 14.3 Å². The number of fused-ring (bicyclic) bond motifs is 1. The molecule has 0 aromatic rings. The number of ether oxygens (including phenoxy) is 2. The number of esters is 1. The van der Waals surface area contributed by atoms with Crippen LogP contribution >= 0.6 is 0 Å². The van der Waals surface area contributed by atoms with Gasteiger partial charge in [0, 0.05) is 0 Å². The summed E-state index contributed by atoms with van der Waals surface area (Å²) >= 11 is -1.99. The summed E-state index contributed by atoms with van der Waals surface area (Å²) in [6.45, 7) is 6.82. The standard InChI is InChI=1S/C13H20NO4.3CH3.Sn/c1-8-6-14-10(7-17-12(14)16)9(8)5-11(15)18-13(2,3)4;;;;/h8-10H,1,5-7H2,2-4H3;3*1H3;/t8-,9-,10+;;;;/m0..../s1. The third-order valence-corrected chi connectivity index (χ3v) is 9.23. The SMILES string of the molecule is CC(C)(C)OC(=O)C[C@H]1[C@@H]([CH2][Sn]([CH3])([CH3])[CH3])CN2C(=O)OC[C@H]12. The second-order valence-corrected chi connectivity index (χ2v) is 24.6. The van der Waals surface area contributed by atoms with Crippen LogP contribution < -0.4 is 0 Å². The Morgan fingerprint density at radius 1 is 1.36 bits per heavy atom. The van der Waals surface area contributed by atoms with Crippen molar-refractivity contribution in [1.82, 2.24) is 4.90 Å². The van der Waals surface area contributed by atoms with Crippen LogP contribution in [0, 0.1) is 11.8 Å². The summed E-state index contributed by atoms with van der Waals surface area (Å²) in [7, 11) is 0. The molecule has 2 saturated heterocycles. The van der Waals surface area contributed by atoms with Crippen LogP contribution in [0.2, 0.25) is 19.3 Å². The zero-order valence-electron chi connectivity index (χ0n) is 14.6. The van der Waals surface area contributed by atoms with Crippen LogP contribution in [0.1, 0.15) is 27.2 Å². The second-order valence-electron chi connectivity index (χ2n) is 8.78. The summed E-state index contributed by atoms with van der Waals surface area (Å²) in [5.41, 5.74) is -0.462. The minimum atomic E-state index is -1.99. The van der Waals surface area contributed by atoms with Crippen LogP contribution in [0.15, 0.2) is 0 Å². The molecule has 0 bridgehead atoms. The first-order valence-corrected chi connectivity index (χ1v) is 18.7. The Morgan fingerprint density at radius 3 is 2.55 bits per heavy atom. The Hall–Kier alpha value is -0.461. The van der Waals surface area contributed by atoms with Crippen molar-refractivity contribution in [1.29, 1.82) is 0 Å². The first-order chi connectivity index (χ1) is 9.96. The average molecular weight is 418 g/mol. The summed E-state index contributed by atoms with van der Waals surface area (Å²) in [6, 6.07) is 0.0543. The van der Waals surface area contributed by atoms with E-state index < -0.39 is 24.0 Å². The van der Waals surface area contributed by atoms with Crippen molar-refractivity contribution < 1.29 is 19.1 Å². The van der Waals surface area contributed by atoms with Gasteiger partial charge in [-0.1, -0.05) is 0 Å². The molecule has 2 fully saturated rings. The van der Waals surface area contributed by atoms with Gasteiger partial charge in [0.1, 0.15) is 0 Å². The molecule has 0 radical (unpaired) electrons. The van der Waals surface area contributed by atoms with Crippen LogP contribution in [-0.4, -0.2) is 60.1 Å². The topological polar surface area (TPSA) is 55.8 Å². The van der Waals surface area contributed by atoms with Gasteiger partial charge in [0.05, 0.1) is 0 Å². The number of carbonyl (C=O) groups is 2. The van der Waals surface area contributed by atoms with Gasteiger partial charge in [-0.25, -0.2) is 0 Å². The predicted molar refractivity (Wildman–Crippen MR) is 87.4 cm³/mol. The predicted octanol–water partition coefficient (Wildman–Crippen LogP) is 3.12. The summed E-state index contributed by atoms with van der Waals surface area (Å²) in [6.07, 6.45) is 0.174. The molecular weight excluding hydrogens is 389 g/mol. The zero-order chi connectivity index (χ0) is 16.7. The first kappa shape index (κ1) is 17.9. The van der Waals surface area contributed by atoms with Crippen molar-refractivity contribution in [3.05, 3.63) is 0 Å². The molecule has 0 aromatic heterocycles. The summed E-state index contributed by atoms with van der Waals surface area (Å²) in [5, 5.41) is 0. The van der Waals surface area contributed by atoms with E-state index in [1.165, 1.54) is 4.44 Å². The van der Waals surface area contributed by atoms with Crippen LogP contribution in [0.3, 0.4) is 0 Å². The Kier molecular flexibility index (Phi) is 5.05. The van der Waals surface area contributed by atoms with Crippen molar-refractivity contribution in [3.63, 3.8) is 0 Å². The zero-order valence-corrected chi connectivity index (χ0v) is 17.5. The van der Waals surface area contributed by atoms with Crippen molar-refractivity contribution in [3.8, 4) is 0 Å². The number of hydrogen-bond donors (Lipinski definition) is 0. The molecule has 3 atom stereocenters. The fourth-order valence-electron chi connectivity index (χ4n) is 3.61. The van der Waals surface area contributed by atoms with E-state index >= 15 is 0 Å². The maximum absolute atomic E-state index is 12.2. The summed E-state index contributed by atoms with van der Waals surface area (Å²) < 4.78 is 11.8. The molecule has 0 aromatic carbocycles. The van der Waals surface area contributed by atoms with Gasteiger partial charge in [0.15, 0.2) is 0 Å². The monoisotopic (exact) mass is 419 g/mol. The molecule has 2 aliphatic heterocycles. The minimum absolute atomic E-state index is 0.0543. The van der Waals surface area contributed by atoms with Gasteiger partial charge in [-0.2, -0.15) is 0 Å². The van der Waals surface area contributed by atoms with Gasteiger partial charge >= 0.3 is 137 Å². The molecule has 126 valence electrons. The van der Waals surface area contributed by atoms with Gasteiger partial charge in [-0.05, 0) is 0 Å². The van der Waals surface area contributed by atoms with E-state index in [1.807, 2.05) is 25.7 Å². The van der Waals surface area contributed by atoms with Crippen LogP contribution in [0.5, 0.6) is 0 Å². The van der Waals surface area contributed by atoms with Crippen LogP contribution in [0.4, 0.5) is 4.79 Å². The van der Waals surface area contributed by atoms with E-state index in [2.05, 4.69) is 14.8 Å². The molecule has 6 heteroatoms. The van der Waals surface area contributed by atoms with Gasteiger partial charge in [-0.15, -0.1) is 0 Å². The summed E-state index contributed by atoms with van der Waals surface area (Å²) in [4.78, 5) is 33.1. The van der Waals surface area contributed by atoms with Gasteiger partial charge in [0.2, 0.25) is 0 Å². The van der Waals surface area contributed by atoms with Crippen molar-refractivity contribution in [2.24, 2.45) is 11.8 Å². The summed E-state index contributed by atoms with van der Waals surface area (Å²) in [5.74, 6) is 0.436. The Morgan fingerprint density at radius 2 is 2.00 bits per heavy atom. The molecular formula is C16H29NO4Sn. The molecule has 5 nitrogen and oxygen atoms in total. The molecule has 1 amide bonds. The Bertz CT molecular complexity index is 452. The van der Waals surface area contributed by atoms with Gasteiger partial charge in [-0.3, -0.25) is 0 Å². The van der Waals surface area contributed by atoms with Gasteiger partial charge in [0.25, 0.3) is 0 Å². The second kappa shape index (κ2) is 6.21. The maximum atomic E-state index is 12.2. The molecule has 0 saturated carbocycles. The number of amides is 1. The molecule has 2 heterocycles. The molecule has 2 aliphatic rings. The number of carbonyl (C=O) groups excluding carboxylic acids is 2. The molecule has 0 N–H and O–H groups in total. The number of cyclic esters (lactones) is 1. The number of hydrogen-bond acceptors (Lipinski definition) is 4. The molecule has 0 unspecified atom stereocenters. The Balaban J connectivity index is 2.09. The van der Waals surface area contributed by atoms with Crippen molar-refractivity contribution >= 4 is 30.4 Å². The molecule has 0 spiro atoms. The molecule has 22 heavy (non-hydrogen) atoms. The van der Waals surface area contributed by atoms with E-state index in [4.69, 9.17) is 9.47 Å². The van der Waals surface area contributed by atoms with E-state index in [0.29, 0.717) is 18.9 Å². The third-order valence-electron chi connectivity index (χ3n) is 4.24. The van der Waals surface area contributed by atoms with Crippen molar-refractivity contribution in [2.45, 2.75) is 58.1 Å². The number of nitrogens with zero attached hydrogens (tertiary/aromatic N) is 1. The fraction of sp³-hybridized carbons (Fsp3) is 0.875. The third kappa shape index (κ3) is 4.52. The van der Waals surface area contributed by atoms with E-state index in [-0.39, 0.29) is 24.0 Å². The fourth-order valence-corrected chi connectivity index (χ4v) is 9.34. The molecule has 0 aliphatic carbocycles. The van der Waals surface area contributed by atoms with E-state index in [1.54, 1.807) is 0 Å². The van der Waals surface area contributed by atoms with Crippen LogP contribution in [0.25, 0.3) is 0 Å². The quantitative estimate of drug-likeness (QED) is 0.520. The van der Waals surface area contributed by atoms with E-state index in [9.17, 15) is 9.59 Å². The average Bonchev–Trinajstić information content (AvgIpc) is 2.77. The molecule has 2 rings (SSSR count). The first-order valence-electron chi connectivity index (χ1n) is 8.11. The number of rotatable bonds is 4. The van der Waals surface area contributed by atoms with Gasteiger partial charge < -0.3 is 0 Å².